The highest BCUT2D eigenvalue weighted by Gasteiger charge is 2.29. The van der Waals surface area contributed by atoms with Crippen molar-refractivity contribution in [3.05, 3.63) is 29.3 Å². The first kappa shape index (κ1) is 9.21. The Morgan fingerprint density at radius 2 is 2.29 bits per heavy atom. The van der Waals surface area contributed by atoms with Crippen molar-refractivity contribution in [3.8, 4) is 0 Å². The molecule has 74 valence electrons. The summed E-state index contributed by atoms with van der Waals surface area (Å²) in [5.41, 5.74) is 7.11. The van der Waals surface area contributed by atoms with Crippen molar-refractivity contribution in [1.29, 1.82) is 0 Å². The maximum atomic E-state index is 11.6. The van der Waals surface area contributed by atoms with E-state index in [-0.39, 0.29) is 11.8 Å². The second-order valence-electron chi connectivity index (χ2n) is 3.77. The van der Waals surface area contributed by atoms with Crippen molar-refractivity contribution in [3.63, 3.8) is 0 Å². The average molecular weight is 191 g/mol. The molecule has 0 spiro atoms. The van der Waals surface area contributed by atoms with E-state index in [0.29, 0.717) is 0 Å². The Morgan fingerprint density at radius 1 is 1.50 bits per heavy atom. The Hall–Kier alpha value is -1.35. The Bertz CT molecular complexity index is 374. The molecule has 1 aromatic rings. The standard InChI is InChI=1S/C11H14N2O/c1-7-2-3-10-9(6-7)8(4-5-12)11(14)13-10/h2-3,6,8H,4-5,12H2,1H3,(H,13,14)/p+1. The van der Waals surface area contributed by atoms with Crippen LogP contribution in [0.1, 0.15) is 23.5 Å². The van der Waals surface area contributed by atoms with Crippen molar-refractivity contribution in [2.24, 2.45) is 0 Å². The lowest BCUT2D eigenvalue weighted by Gasteiger charge is -2.05. The van der Waals surface area contributed by atoms with Gasteiger partial charge >= 0.3 is 0 Å². The van der Waals surface area contributed by atoms with Crippen molar-refractivity contribution >= 4 is 11.6 Å². The molecule has 1 aliphatic heterocycles. The summed E-state index contributed by atoms with van der Waals surface area (Å²) in [7, 11) is 0. The minimum atomic E-state index is 0.0161. The zero-order valence-corrected chi connectivity index (χ0v) is 8.34. The summed E-state index contributed by atoms with van der Waals surface area (Å²) in [6, 6.07) is 6.09. The molecule has 14 heavy (non-hydrogen) atoms. The van der Waals surface area contributed by atoms with Crippen LogP contribution in [0.5, 0.6) is 0 Å². The van der Waals surface area contributed by atoms with Gasteiger partial charge in [0.2, 0.25) is 5.91 Å². The fourth-order valence-electron chi connectivity index (χ4n) is 1.94. The SMILES string of the molecule is Cc1ccc2c(c1)C(CC[NH3+])C(=O)N2. The van der Waals surface area contributed by atoms with Crippen LogP contribution < -0.4 is 11.1 Å². The summed E-state index contributed by atoms with van der Waals surface area (Å²) in [5.74, 6) is 0.136. The van der Waals surface area contributed by atoms with Crippen LogP contribution in [-0.2, 0) is 4.79 Å². The zero-order valence-electron chi connectivity index (χ0n) is 8.34. The van der Waals surface area contributed by atoms with Gasteiger partial charge in [0.05, 0.1) is 12.5 Å². The Balaban J connectivity index is 2.39. The topological polar surface area (TPSA) is 56.7 Å². The van der Waals surface area contributed by atoms with Crippen LogP contribution in [-0.4, -0.2) is 12.5 Å². The molecule has 0 bridgehead atoms. The highest BCUT2D eigenvalue weighted by molar-refractivity contribution is 6.02. The third-order valence-corrected chi connectivity index (χ3v) is 2.65. The fraction of sp³-hybridized carbons (Fsp3) is 0.364. The molecule has 3 nitrogen and oxygen atoms in total. The van der Waals surface area contributed by atoms with Crippen LogP contribution in [0.25, 0.3) is 0 Å². The van der Waals surface area contributed by atoms with Gasteiger partial charge in [0.15, 0.2) is 0 Å². The number of quaternary nitrogens is 1. The molecule has 1 unspecified atom stereocenters. The van der Waals surface area contributed by atoms with Gasteiger partial charge in [0.25, 0.3) is 0 Å². The molecule has 1 atom stereocenters. The number of hydrogen-bond acceptors (Lipinski definition) is 1. The molecule has 0 saturated carbocycles. The predicted molar refractivity (Wildman–Crippen MR) is 54.9 cm³/mol. The number of anilines is 1. The highest BCUT2D eigenvalue weighted by Crippen LogP contribution is 2.34. The molecule has 0 fully saturated rings. The van der Waals surface area contributed by atoms with Crippen molar-refractivity contribution in [2.75, 3.05) is 11.9 Å². The largest absolute Gasteiger partial charge is 0.358 e. The van der Waals surface area contributed by atoms with Crippen molar-refractivity contribution in [2.45, 2.75) is 19.3 Å². The first-order valence-corrected chi connectivity index (χ1v) is 4.93. The van der Waals surface area contributed by atoms with E-state index < -0.39 is 0 Å². The summed E-state index contributed by atoms with van der Waals surface area (Å²) < 4.78 is 0. The molecule has 3 heteroatoms. The third-order valence-electron chi connectivity index (χ3n) is 2.65. The molecule has 2 rings (SSSR count). The van der Waals surface area contributed by atoms with Crippen LogP contribution >= 0.6 is 0 Å². The molecule has 0 radical (unpaired) electrons. The van der Waals surface area contributed by atoms with Gasteiger partial charge in [-0.05, 0) is 18.6 Å². The summed E-state index contributed by atoms with van der Waals surface area (Å²) in [5, 5.41) is 2.89. The van der Waals surface area contributed by atoms with Crippen LogP contribution in [0.2, 0.25) is 0 Å². The van der Waals surface area contributed by atoms with Gasteiger partial charge in [-0.2, -0.15) is 0 Å². The molecule has 1 aliphatic rings. The summed E-state index contributed by atoms with van der Waals surface area (Å²) in [6.45, 7) is 2.84. The van der Waals surface area contributed by atoms with E-state index in [1.807, 2.05) is 19.1 Å². The van der Waals surface area contributed by atoms with Crippen LogP contribution in [0.4, 0.5) is 5.69 Å². The molecule has 0 aromatic heterocycles. The summed E-state index contributed by atoms with van der Waals surface area (Å²) in [6.07, 6.45) is 0.836. The third kappa shape index (κ3) is 1.40. The first-order chi connectivity index (χ1) is 6.72. The summed E-state index contributed by atoms with van der Waals surface area (Å²) >= 11 is 0. The smallest absolute Gasteiger partial charge is 0.232 e. The van der Waals surface area contributed by atoms with Gasteiger partial charge in [-0.3, -0.25) is 4.79 Å². The number of nitrogens with one attached hydrogen (secondary N) is 1. The van der Waals surface area contributed by atoms with Crippen LogP contribution in [0.15, 0.2) is 18.2 Å². The van der Waals surface area contributed by atoms with Gasteiger partial charge in [0, 0.05) is 12.1 Å². The number of carbonyl (C=O) groups is 1. The quantitative estimate of drug-likeness (QED) is 0.709. The molecule has 4 N–H and O–H groups in total. The maximum Gasteiger partial charge on any atom is 0.232 e. The lowest BCUT2D eigenvalue weighted by Crippen LogP contribution is -2.50. The molecule has 1 aromatic carbocycles. The molecular formula is C11H15N2O+. The van der Waals surface area contributed by atoms with Gasteiger partial charge < -0.3 is 11.1 Å². The number of fused-ring (bicyclic) bond motifs is 1. The van der Waals surface area contributed by atoms with Gasteiger partial charge in [-0.1, -0.05) is 17.7 Å². The fourth-order valence-corrected chi connectivity index (χ4v) is 1.94. The van der Waals surface area contributed by atoms with E-state index >= 15 is 0 Å². The minimum absolute atomic E-state index is 0.0161. The second kappa shape index (κ2) is 3.42. The number of aryl methyl sites for hydroxylation is 1. The van der Waals surface area contributed by atoms with E-state index in [2.05, 4.69) is 17.1 Å². The van der Waals surface area contributed by atoms with Gasteiger partial charge in [0.1, 0.15) is 0 Å². The Morgan fingerprint density at radius 3 is 3.00 bits per heavy atom. The number of benzene rings is 1. The van der Waals surface area contributed by atoms with E-state index in [1.54, 1.807) is 0 Å². The van der Waals surface area contributed by atoms with E-state index in [4.69, 9.17) is 0 Å². The van der Waals surface area contributed by atoms with Crippen LogP contribution in [0, 0.1) is 6.92 Å². The normalized spacial score (nSPS) is 19.3. The number of amides is 1. The van der Waals surface area contributed by atoms with E-state index in [9.17, 15) is 4.79 Å². The minimum Gasteiger partial charge on any atom is -0.358 e. The second-order valence-corrected chi connectivity index (χ2v) is 3.77. The monoisotopic (exact) mass is 191 g/mol. The maximum absolute atomic E-state index is 11.6. The van der Waals surface area contributed by atoms with Gasteiger partial charge in [-0.25, -0.2) is 0 Å². The highest BCUT2D eigenvalue weighted by atomic mass is 16.2. The Labute approximate surface area is 83.3 Å². The molecule has 1 amide bonds. The predicted octanol–water partition coefficient (Wildman–Crippen LogP) is 0.663. The van der Waals surface area contributed by atoms with Crippen molar-refractivity contribution < 1.29 is 10.5 Å². The number of rotatable bonds is 2. The molecule has 0 aliphatic carbocycles. The van der Waals surface area contributed by atoms with Crippen LogP contribution in [0.3, 0.4) is 0 Å². The van der Waals surface area contributed by atoms with E-state index in [0.717, 1.165) is 24.2 Å². The molecule has 0 saturated heterocycles. The van der Waals surface area contributed by atoms with E-state index in [1.165, 1.54) is 5.56 Å². The lowest BCUT2D eigenvalue weighted by molar-refractivity contribution is -0.368. The first-order valence-electron chi connectivity index (χ1n) is 4.93. The zero-order chi connectivity index (χ0) is 10.1. The number of carbonyl (C=O) groups excluding carboxylic acids is 1. The number of hydrogen-bond donors (Lipinski definition) is 2. The van der Waals surface area contributed by atoms with Gasteiger partial charge in [-0.15, -0.1) is 0 Å². The lowest BCUT2D eigenvalue weighted by atomic mass is 9.96. The van der Waals surface area contributed by atoms with Crippen molar-refractivity contribution in [1.82, 2.24) is 0 Å². The average Bonchev–Trinajstić information content (AvgIpc) is 2.45. The molecule has 1 heterocycles. The Kier molecular flexibility index (Phi) is 2.25. The molecular weight excluding hydrogens is 176 g/mol. The summed E-state index contributed by atoms with van der Waals surface area (Å²) in [4.78, 5) is 11.6.